The minimum Gasteiger partial charge on any atom is -0.497 e. The highest BCUT2D eigenvalue weighted by Gasteiger charge is 2.26. The van der Waals surface area contributed by atoms with Crippen LogP contribution in [0.5, 0.6) is 5.75 Å². The van der Waals surface area contributed by atoms with Crippen LogP contribution in [0.1, 0.15) is 18.4 Å². The van der Waals surface area contributed by atoms with Gasteiger partial charge in [0, 0.05) is 24.3 Å². The molecule has 1 unspecified atom stereocenters. The lowest BCUT2D eigenvalue weighted by atomic mass is 9.96. The first-order chi connectivity index (χ1) is 14.2. The normalized spacial score (nSPS) is 17.1. The summed E-state index contributed by atoms with van der Waals surface area (Å²) >= 11 is 1.72. The number of para-hydroxylation sites is 1. The summed E-state index contributed by atoms with van der Waals surface area (Å²) in [5.41, 5.74) is 4.28. The molecule has 1 aliphatic rings. The van der Waals surface area contributed by atoms with Crippen molar-refractivity contribution >= 4 is 22.9 Å². The highest BCUT2D eigenvalue weighted by molar-refractivity contribution is 7.07. The number of amides is 1. The zero-order valence-electron chi connectivity index (χ0n) is 16.6. The number of thiophene rings is 1. The zero-order chi connectivity index (χ0) is 20.1. The largest absolute Gasteiger partial charge is 0.497 e. The molecule has 0 saturated carbocycles. The van der Waals surface area contributed by atoms with Gasteiger partial charge in [0.1, 0.15) is 5.75 Å². The zero-order valence-corrected chi connectivity index (χ0v) is 17.5. The molecule has 1 atom stereocenters. The molecule has 1 fully saturated rings. The van der Waals surface area contributed by atoms with Crippen molar-refractivity contribution in [2.45, 2.75) is 19.4 Å². The van der Waals surface area contributed by atoms with E-state index in [-0.39, 0.29) is 11.8 Å². The highest BCUT2D eigenvalue weighted by Crippen LogP contribution is 2.30. The molecule has 4 nitrogen and oxygen atoms in total. The maximum atomic E-state index is 13.0. The molecule has 0 aliphatic carbocycles. The van der Waals surface area contributed by atoms with E-state index in [2.05, 4.69) is 27.0 Å². The summed E-state index contributed by atoms with van der Waals surface area (Å²) in [6.45, 7) is 2.80. The second-order valence-electron chi connectivity index (χ2n) is 7.47. The highest BCUT2D eigenvalue weighted by atomic mass is 32.1. The van der Waals surface area contributed by atoms with Crippen molar-refractivity contribution in [2.75, 3.05) is 25.5 Å². The number of methoxy groups -OCH3 is 1. The van der Waals surface area contributed by atoms with Crippen LogP contribution < -0.4 is 10.1 Å². The lowest BCUT2D eigenvalue weighted by Gasteiger charge is -2.32. The molecule has 3 aromatic rings. The van der Waals surface area contributed by atoms with Crippen molar-refractivity contribution < 1.29 is 9.53 Å². The number of hydrogen-bond acceptors (Lipinski definition) is 4. The van der Waals surface area contributed by atoms with E-state index in [0.29, 0.717) is 0 Å². The Balaban J connectivity index is 1.45. The van der Waals surface area contributed by atoms with Crippen LogP contribution in [0.15, 0.2) is 65.4 Å². The molecule has 29 heavy (non-hydrogen) atoms. The van der Waals surface area contributed by atoms with Crippen LogP contribution in [0.3, 0.4) is 0 Å². The van der Waals surface area contributed by atoms with Gasteiger partial charge in [0.25, 0.3) is 0 Å². The quantitative estimate of drug-likeness (QED) is 0.606. The van der Waals surface area contributed by atoms with E-state index in [4.69, 9.17) is 4.74 Å². The van der Waals surface area contributed by atoms with E-state index in [1.165, 1.54) is 5.56 Å². The van der Waals surface area contributed by atoms with Gasteiger partial charge in [0.2, 0.25) is 5.91 Å². The summed E-state index contributed by atoms with van der Waals surface area (Å²) in [6, 6.07) is 18.1. The summed E-state index contributed by atoms with van der Waals surface area (Å²) in [5, 5.41) is 7.49. The Hall–Kier alpha value is -2.63. The lowest BCUT2D eigenvalue weighted by molar-refractivity contribution is -0.121. The third kappa shape index (κ3) is 4.86. The molecule has 4 rings (SSSR count). The number of benzene rings is 2. The second-order valence-corrected chi connectivity index (χ2v) is 8.25. The van der Waals surface area contributed by atoms with Crippen LogP contribution >= 0.6 is 11.3 Å². The lowest BCUT2D eigenvalue weighted by Crippen LogP contribution is -2.40. The number of ether oxygens (including phenoxy) is 1. The number of rotatable bonds is 6. The number of carbonyl (C=O) groups is 1. The molecule has 150 valence electrons. The fraction of sp³-hybridized carbons (Fsp3) is 0.292. The Bertz CT molecular complexity index is 938. The third-order valence-corrected chi connectivity index (χ3v) is 6.18. The molecule has 1 amide bonds. The summed E-state index contributed by atoms with van der Waals surface area (Å²) in [4.78, 5) is 15.4. The molecule has 2 heterocycles. The minimum atomic E-state index is 0.0197. The van der Waals surface area contributed by atoms with Crippen molar-refractivity contribution in [1.29, 1.82) is 0 Å². The first-order valence-corrected chi connectivity index (χ1v) is 10.9. The summed E-state index contributed by atoms with van der Waals surface area (Å²) in [7, 11) is 1.66. The summed E-state index contributed by atoms with van der Waals surface area (Å²) in [6.07, 6.45) is 2.00. The van der Waals surface area contributed by atoms with Crippen LogP contribution in [0.25, 0.3) is 11.1 Å². The van der Waals surface area contributed by atoms with Crippen molar-refractivity contribution in [3.63, 3.8) is 0 Å². The van der Waals surface area contributed by atoms with Gasteiger partial charge in [-0.2, -0.15) is 11.3 Å². The van der Waals surface area contributed by atoms with Crippen molar-refractivity contribution in [1.82, 2.24) is 4.90 Å². The first-order valence-electron chi connectivity index (χ1n) is 10.0. The maximum Gasteiger partial charge on any atom is 0.228 e. The first kappa shape index (κ1) is 19.7. The average molecular weight is 407 g/mol. The van der Waals surface area contributed by atoms with Gasteiger partial charge in [-0.3, -0.25) is 9.69 Å². The van der Waals surface area contributed by atoms with Crippen molar-refractivity contribution in [3.05, 3.63) is 70.9 Å². The van der Waals surface area contributed by atoms with Crippen molar-refractivity contribution in [2.24, 2.45) is 5.92 Å². The monoisotopic (exact) mass is 406 g/mol. The van der Waals surface area contributed by atoms with Gasteiger partial charge in [0.15, 0.2) is 0 Å². The SMILES string of the molecule is COc1ccc(-c2ccccc2NC(=O)C2CCCN(Cc3ccsc3)C2)cc1. The van der Waals surface area contributed by atoms with E-state index >= 15 is 0 Å². The Labute approximate surface area is 176 Å². The number of nitrogens with one attached hydrogen (secondary N) is 1. The smallest absolute Gasteiger partial charge is 0.228 e. The van der Waals surface area contributed by atoms with Gasteiger partial charge >= 0.3 is 0 Å². The number of likely N-dealkylation sites (tertiary alicyclic amines) is 1. The van der Waals surface area contributed by atoms with Crippen LogP contribution in [0, 0.1) is 5.92 Å². The molecule has 5 heteroatoms. The number of carbonyl (C=O) groups excluding carboxylic acids is 1. The van der Waals surface area contributed by atoms with E-state index in [1.54, 1.807) is 18.4 Å². The van der Waals surface area contributed by atoms with Crippen LogP contribution in [-0.2, 0) is 11.3 Å². The number of nitrogens with zero attached hydrogens (tertiary/aromatic N) is 1. The third-order valence-electron chi connectivity index (χ3n) is 5.45. The van der Waals surface area contributed by atoms with Crippen molar-refractivity contribution in [3.8, 4) is 16.9 Å². The predicted molar refractivity (Wildman–Crippen MR) is 119 cm³/mol. The molecule has 0 radical (unpaired) electrons. The fourth-order valence-electron chi connectivity index (χ4n) is 3.90. The molecule has 1 saturated heterocycles. The molecule has 0 bridgehead atoms. The van der Waals surface area contributed by atoms with E-state index < -0.39 is 0 Å². The Morgan fingerprint density at radius 2 is 2.00 bits per heavy atom. The molecule has 2 aromatic carbocycles. The number of hydrogen-bond donors (Lipinski definition) is 1. The molecule has 1 aliphatic heterocycles. The van der Waals surface area contributed by atoms with Gasteiger partial charge < -0.3 is 10.1 Å². The molecule has 0 spiro atoms. The van der Waals surface area contributed by atoms with Gasteiger partial charge in [-0.05, 0) is 65.5 Å². The molecular weight excluding hydrogens is 380 g/mol. The summed E-state index contributed by atoms with van der Waals surface area (Å²) < 4.78 is 5.25. The van der Waals surface area contributed by atoms with Crippen LogP contribution in [-0.4, -0.2) is 31.0 Å². The van der Waals surface area contributed by atoms with Gasteiger partial charge in [-0.25, -0.2) is 0 Å². The van der Waals surface area contributed by atoms with Crippen LogP contribution in [0.2, 0.25) is 0 Å². The number of piperidine rings is 1. The number of anilines is 1. The Morgan fingerprint density at radius 1 is 1.17 bits per heavy atom. The minimum absolute atomic E-state index is 0.0197. The topological polar surface area (TPSA) is 41.6 Å². The standard InChI is InChI=1S/C24H26N2O2S/c1-28-21-10-8-19(9-11-21)22-6-2-3-7-23(22)25-24(27)20-5-4-13-26(16-20)15-18-12-14-29-17-18/h2-3,6-12,14,17,20H,4-5,13,15-16H2,1H3,(H,25,27). The summed E-state index contributed by atoms with van der Waals surface area (Å²) in [5.74, 6) is 0.954. The fourth-order valence-corrected chi connectivity index (χ4v) is 4.56. The van der Waals surface area contributed by atoms with E-state index in [9.17, 15) is 4.79 Å². The predicted octanol–water partition coefficient (Wildman–Crippen LogP) is 5.27. The molecule has 1 N–H and O–H groups in total. The average Bonchev–Trinajstić information content (AvgIpc) is 3.27. The Morgan fingerprint density at radius 3 is 2.76 bits per heavy atom. The van der Waals surface area contributed by atoms with E-state index in [0.717, 1.165) is 55.0 Å². The van der Waals surface area contributed by atoms with Gasteiger partial charge in [-0.1, -0.05) is 30.3 Å². The Kier molecular flexibility index (Phi) is 6.27. The molecule has 1 aromatic heterocycles. The van der Waals surface area contributed by atoms with Crippen LogP contribution in [0.4, 0.5) is 5.69 Å². The van der Waals surface area contributed by atoms with Gasteiger partial charge in [0.05, 0.1) is 13.0 Å². The van der Waals surface area contributed by atoms with E-state index in [1.807, 2.05) is 48.5 Å². The molecular formula is C24H26N2O2S. The maximum absolute atomic E-state index is 13.0. The second kappa shape index (κ2) is 9.25. The van der Waals surface area contributed by atoms with Gasteiger partial charge in [-0.15, -0.1) is 0 Å².